The van der Waals surface area contributed by atoms with Crippen molar-refractivity contribution in [2.45, 2.75) is 6.92 Å². The van der Waals surface area contributed by atoms with Crippen LogP contribution in [0.2, 0.25) is 0 Å². The standard InChI is InChI=1S/C17H19FN2O3/c1-11-8-12(18)4-6-14(11)19-10-17(21)20-15-9-13(22-2)5-7-16(15)23-3/h4-9,19H,10H2,1-3H3,(H,20,21). The fraction of sp³-hybridized carbons (Fsp3) is 0.235. The molecule has 0 heterocycles. The lowest BCUT2D eigenvalue weighted by atomic mass is 10.2. The van der Waals surface area contributed by atoms with E-state index < -0.39 is 0 Å². The summed E-state index contributed by atoms with van der Waals surface area (Å²) in [7, 11) is 3.07. The molecule has 0 bridgehead atoms. The number of amides is 1. The summed E-state index contributed by atoms with van der Waals surface area (Å²) in [6, 6.07) is 9.49. The number of hydrogen-bond acceptors (Lipinski definition) is 4. The van der Waals surface area contributed by atoms with E-state index in [1.54, 1.807) is 38.3 Å². The molecule has 0 radical (unpaired) electrons. The molecule has 23 heavy (non-hydrogen) atoms. The topological polar surface area (TPSA) is 59.6 Å². The van der Waals surface area contributed by atoms with Crippen molar-refractivity contribution in [3.63, 3.8) is 0 Å². The van der Waals surface area contributed by atoms with Crippen molar-refractivity contribution in [3.05, 3.63) is 47.8 Å². The zero-order valence-electron chi connectivity index (χ0n) is 13.3. The third-order valence-electron chi connectivity index (χ3n) is 3.31. The van der Waals surface area contributed by atoms with Gasteiger partial charge in [-0.1, -0.05) is 0 Å². The van der Waals surface area contributed by atoms with E-state index in [9.17, 15) is 9.18 Å². The summed E-state index contributed by atoms with van der Waals surface area (Å²) in [5.41, 5.74) is 1.96. The van der Waals surface area contributed by atoms with Crippen LogP contribution in [-0.4, -0.2) is 26.7 Å². The smallest absolute Gasteiger partial charge is 0.243 e. The van der Waals surface area contributed by atoms with Gasteiger partial charge in [0.15, 0.2) is 0 Å². The minimum absolute atomic E-state index is 0.0484. The molecular formula is C17H19FN2O3. The molecule has 0 saturated heterocycles. The summed E-state index contributed by atoms with van der Waals surface area (Å²) >= 11 is 0. The highest BCUT2D eigenvalue weighted by molar-refractivity contribution is 5.95. The minimum atomic E-state index is -0.307. The Hall–Kier alpha value is -2.76. The minimum Gasteiger partial charge on any atom is -0.497 e. The lowest BCUT2D eigenvalue weighted by molar-refractivity contribution is -0.114. The van der Waals surface area contributed by atoms with Gasteiger partial charge in [0.2, 0.25) is 5.91 Å². The van der Waals surface area contributed by atoms with Gasteiger partial charge in [-0.25, -0.2) is 4.39 Å². The molecule has 0 aromatic heterocycles. The summed E-state index contributed by atoms with van der Waals surface area (Å²) < 4.78 is 23.4. The average Bonchev–Trinajstić information content (AvgIpc) is 2.54. The van der Waals surface area contributed by atoms with Crippen LogP contribution in [0.15, 0.2) is 36.4 Å². The fourth-order valence-corrected chi connectivity index (χ4v) is 2.11. The number of nitrogens with one attached hydrogen (secondary N) is 2. The maximum absolute atomic E-state index is 13.1. The molecule has 2 N–H and O–H groups in total. The third-order valence-corrected chi connectivity index (χ3v) is 3.31. The van der Waals surface area contributed by atoms with E-state index in [-0.39, 0.29) is 18.3 Å². The second kappa shape index (κ2) is 7.49. The first kappa shape index (κ1) is 16.6. The van der Waals surface area contributed by atoms with E-state index in [1.165, 1.54) is 19.2 Å². The number of aryl methyl sites for hydroxylation is 1. The Morgan fingerprint density at radius 2 is 1.87 bits per heavy atom. The molecule has 0 saturated carbocycles. The summed E-state index contributed by atoms with van der Waals surface area (Å²) in [5.74, 6) is 0.597. The normalized spacial score (nSPS) is 10.1. The number of hydrogen-bond donors (Lipinski definition) is 2. The molecule has 0 spiro atoms. The van der Waals surface area contributed by atoms with Crippen LogP contribution >= 0.6 is 0 Å². The predicted octanol–water partition coefficient (Wildman–Crippen LogP) is 3.20. The van der Waals surface area contributed by atoms with Crippen LogP contribution in [0.25, 0.3) is 0 Å². The van der Waals surface area contributed by atoms with E-state index >= 15 is 0 Å². The molecule has 0 fully saturated rings. The molecule has 0 atom stereocenters. The maximum Gasteiger partial charge on any atom is 0.243 e. The molecule has 6 heteroatoms. The van der Waals surface area contributed by atoms with Crippen LogP contribution < -0.4 is 20.1 Å². The highest BCUT2D eigenvalue weighted by Gasteiger charge is 2.09. The Bertz CT molecular complexity index is 704. The van der Waals surface area contributed by atoms with Gasteiger partial charge in [0.05, 0.1) is 26.5 Å². The van der Waals surface area contributed by atoms with Crippen molar-refractivity contribution in [3.8, 4) is 11.5 Å². The number of methoxy groups -OCH3 is 2. The Kier molecular flexibility index (Phi) is 5.41. The molecule has 2 aromatic carbocycles. The highest BCUT2D eigenvalue weighted by Crippen LogP contribution is 2.28. The molecule has 0 aliphatic carbocycles. The second-order valence-electron chi connectivity index (χ2n) is 4.93. The molecule has 1 amide bonds. The van der Waals surface area contributed by atoms with Crippen LogP contribution in [0.1, 0.15) is 5.56 Å². The van der Waals surface area contributed by atoms with Gasteiger partial charge in [-0.05, 0) is 42.8 Å². The zero-order valence-corrected chi connectivity index (χ0v) is 13.3. The van der Waals surface area contributed by atoms with Crippen molar-refractivity contribution in [1.29, 1.82) is 0 Å². The van der Waals surface area contributed by atoms with E-state index in [1.807, 2.05) is 0 Å². The van der Waals surface area contributed by atoms with E-state index in [0.717, 1.165) is 5.56 Å². The van der Waals surface area contributed by atoms with Crippen LogP contribution in [-0.2, 0) is 4.79 Å². The Labute approximate surface area is 134 Å². The first-order valence-corrected chi connectivity index (χ1v) is 7.05. The molecule has 122 valence electrons. The molecule has 0 unspecified atom stereocenters. The quantitative estimate of drug-likeness (QED) is 0.859. The highest BCUT2D eigenvalue weighted by atomic mass is 19.1. The van der Waals surface area contributed by atoms with Crippen molar-refractivity contribution >= 4 is 17.3 Å². The van der Waals surface area contributed by atoms with Crippen LogP contribution in [0.4, 0.5) is 15.8 Å². The predicted molar refractivity (Wildman–Crippen MR) is 87.8 cm³/mol. The van der Waals surface area contributed by atoms with Crippen molar-refractivity contribution < 1.29 is 18.7 Å². The Morgan fingerprint density at radius 1 is 1.09 bits per heavy atom. The summed E-state index contributed by atoms with van der Waals surface area (Å²) in [6.07, 6.45) is 0. The number of carbonyl (C=O) groups is 1. The Balaban J connectivity index is 2.02. The molecule has 0 aliphatic heterocycles. The monoisotopic (exact) mass is 318 g/mol. The fourth-order valence-electron chi connectivity index (χ4n) is 2.11. The van der Waals surface area contributed by atoms with Crippen LogP contribution in [0, 0.1) is 12.7 Å². The van der Waals surface area contributed by atoms with Crippen molar-refractivity contribution in [2.24, 2.45) is 0 Å². The largest absolute Gasteiger partial charge is 0.497 e. The number of carbonyl (C=O) groups excluding carboxylic acids is 1. The molecule has 2 rings (SSSR count). The van der Waals surface area contributed by atoms with Crippen molar-refractivity contribution in [1.82, 2.24) is 0 Å². The zero-order chi connectivity index (χ0) is 16.8. The van der Waals surface area contributed by atoms with Crippen molar-refractivity contribution in [2.75, 3.05) is 31.4 Å². The van der Waals surface area contributed by atoms with Gasteiger partial charge in [-0.2, -0.15) is 0 Å². The van der Waals surface area contributed by atoms with Gasteiger partial charge in [0.25, 0.3) is 0 Å². The van der Waals surface area contributed by atoms with E-state index in [2.05, 4.69) is 10.6 Å². The summed E-state index contributed by atoms with van der Waals surface area (Å²) in [4.78, 5) is 12.1. The lowest BCUT2D eigenvalue weighted by Crippen LogP contribution is -2.22. The first-order chi connectivity index (χ1) is 11.0. The number of benzene rings is 2. The number of rotatable bonds is 6. The third kappa shape index (κ3) is 4.35. The van der Waals surface area contributed by atoms with E-state index in [0.29, 0.717) is 22.9 Å². The lowest BCUT2D eigenvalue weighted by Gasteiger charge is -2.13. The van der Waals surface area contributed by atoms with Gasteiger partial charge in [0.1, 0.15) is 17.3 Å². The second-order valence-corrected chi connectivity index (χ2v) is 4.93. The molecule has 5 nitrogen and oxygen atoms in total. The first-order valence-electron chi connectivity index (χ1n) is 7.05. The van der Waals surface area contributed by atoms with Gasteiger partial charge in [0, 0.05) is 11.8 Å². The summed E-state index contributed by atoms with van der Waals surface area (Å²) in [5, 5.41) is 5.73. The molecule has 2 aromatic rings. The Morgan fingerprint density at radius 3 is 2.52 bits per heavy atom. The average molecular weight is 318 g/mol. The molecule has 0 aliphatic rings. The van der Waals surface area contributed by atoms with Gasteiger partial charge < -0.3 is 20.1 Å². The van der Waals surface area contributed by atoms with E-state index in [4.69, 9.17) is 9.47 Å². The number of ether oxygens (including phenoxy) is 2. The van der Waals surface area contributed by atoms with Gasteiger partial charge >= 0.3 is 0 Å². The number of anilines is 2. The summed E-state index contributed by atoms with van der Waals surface area (Å²) in [6.45, 7) is 1.82. The SMILES string of the molecule is COc1ccc(OC)c(NC(=O)CNc2ccc(F)cc2C)c1. The number of halogens is 1. The van der Waals surface area contributed by atoms with Crippen LogP contribution in [0.5, 0.6) is 11.5 Å². The van der Waals surface area contributed by atoms with Gasteiger partial charge in [-0.15, -0.1) is 0 Å². The maximum atomic E-state index is 13.1. The van der Waals surface area contributed by atoms with Crippen LogP contribution in [0.3, 0.4) is 0 Å². The molecular weight excluding hydrogens is 299 g/mol. The van der Waals surface area contributed by atoms with Gasteiger partial charge in [-0.3, -0.25) is 4.79 Å².